The lowest BCUT2D eigenvalue weighted by Crippen LogP contribution is -2.56. The SMILES string of the molecule is CCCCN[C@H]1Cc2c([nH]c3c(F)cc(F)cc23)[C@H](C2CCNCC2)N1C(=O)C#C[Si](C)(C)C. The van der Waals surface area contributed by atoms with Gasteiger partial charge in [0.1, 0.15) is 19.7 Å². The highest BCUT2D eigenvalue weighted by atomic mass is 28.3. The van der Waals surface area contributed by atoms with Gasteiger partial charge in [0.2, 0.25) is 0 Å². The number of piperidine rings is 1. The predicted molar refractivity (Wildman–Crippen MR) is 135 cm³/mol. The highest BCUT2D eigenvalue weighted by Crippen LogP contribution is 2.43. The lowest BCUT2D eigenvalue weighted by molar-refractivity contribution is -0.133. The van der Waals surface area contributed by atoms with Crippen molar-refractivity contribution < 1.29 is 13.6 Å². The Bertz CT molecular complexity index is 1110. The van der Waals surface area contributed by atoms with Crippen molar-refractivity contribution in [3.05, 3.63) is 35.0 Å². The van der Waals surface area contributed by atoms with Crippen LogP contribution in [0.15, 0.2) is 12.1 Å². The molecule has 2 aromatic rings. The van der Waals surface area contributed by atoms with E-state index in [1.807, 2.05) is 4.90 Å². The number of hydrogen-bond acceptors (Lipinski definition) is 3. The molecule has 2 atom stereocenters. The summed E-state index contributed by atoms with van der Waals surface area (Å²) in [4.78, 5) is 18.8. The van der Waals surface area contributed by atoms with Crippen molar-refractivity contribution in [3.8, 4) is 11.5 Å². The van der Waals surface area contributed by atoms with Crippen molar-refractivity contribution in [3.63, 3.8) is 0 Å². The topological polar surface area (TPSA) is 60.2 Å². The quantitative estimate of drug-likeness (QED) is 0.332. The predicted octanol–water partition coefficient (Wildman–Crippen LogP) is 4.47. The second kappa shape index (κ2) is 10.2. The summed E-state index contributed by atoms with van der Waals surface area (Å²) in [5.74, 6) is 1.80. The Morgan fingerprint density at radius 3 is 2.65 bits per heavy atom. The normalized spacial score (nSPS) is 21.3. The van der Waals surface area contributed by atoms with Gasteiger partial charge >= 0.3 is 0 Å². The smallest absolute Gasteiger partial charge is 0.299 e. The number of aromatic amines is 1. The van der Waals surface area contributed by atoms with Gasteiger partial charge in [-0.3, -0.25) is 10.1 Å². The zero-order valence-electron chi connectivity index (χ0n) is 20.7. The number of nitrogens with one attached hydrogen (secondary N) is 3. The molecule has 4 rings (SSSR count). The third-order valence-corrected chi connectivity index (χ3v) is 7.69. The molecule has 0 aliphatic carbocycles. The number of hydrogen-bond donors (Lipinski definition) is 3. The lowest BCUT2D eigenvalue weighted by Gasteiger charge is -2.45. The van der Waals surface area contributed by atoms with Crippen LogP contribution in [0.2, 0.25) is 19.6 Å². The molecule has 1 amide bonds. The van der Waals surface area contributed by atoms with Crippen LogP contribution in [0, 0.1) is 29.0 Å². The number of H-pyrrole nitrogens is 1. The maximum Gasteiger partial charge on any atom is 0.299 e. The van der Waals surface area contributed by atoms with Crippen LogP contribution < -0.4 is 10.6 Å². The van der Waals surface area contributed by atoms with Gasteiger partial charge in [0, 0.05) is 23.6 Å². The van der Waals surface area contributed by atoms with E-state index in [9.17, 15) is 13.6 Å². The Morgan fingerprint density at radius 2 is 1.97 bits per heavy atom. The summed E-state index contributed by atoms with van der Waals surface area (Å²) in [6, 6.07) is 2.07. The van der Waals surface area contributed by atoms with Crippen molar-refractivity contribution in [1.82, 2.24) is 20.5 Å². The summed E-state index contributed by atoms with van der Waals surface area (Å²) in [7, 11) is -1.75. The summed E-state index contributed by atoms with van der Waals surface area (Å²) in [6.45, 7) is 11.0. The zero-order chi connectivity index (χ0) is 24.5. The number of amides is 1. The fraction of sp³-hybridized carbons (Fsp3) is 0.577. The molecular formula is C26H36F2N4OSi. The number of carbonyl (C=O) groups is 1. The first kappa shape index (κ1) is 24.9. The molecule has 3 heterocycles. The Balaban J connectivity index is 1.85. The average molecular weight is 487 g/mol. The van der Waals surface area contributed by atoms with E-state index >= 15 is 0 Å². The number of unbranched alkanes of at least 4 members (excludes halogenated alkanes) is 1. The minimum atomic E-state index is -1.75. The minimum Gasteiger partial charge on any atom is -0.354 e. The number of aromatic nitrogens is 1. The van der Waals surface area contributed by atoms with Crippen LogP contribution in [0.3, 0.4) is 0 Å². The first-order chi connectivity index (χ1) is 16.2. The second-order valence-corrected chi connectivity index (χ2v) is 15.3. The van der Waals surface area contributed by atoms with Crippen molar-refractivity contribution in [2.45, 2.75) is 70.9 Å². The minimum absolute atomic E-state index is 0.184. The van der Waals surface area contributed by atoms with E-state index in [-0.39, 0.29) is 24.0 Å². The van der Waals surface area contributed by atoms with Gasteiger partial charge in [-0.1, -0.05) is 33.0 Å². The Kier molecular flexibility index (Phi) is 7.46. The summed E-state index contributed by atoms with van der Waals surface area (Å²) in [5, 5.41) is 7.56. The van der Waals surface area contributed by atoms with Crippen LogP contribution in [-0.4, -0.2) is 49.7 Å². The second-order valence-electron chi connectivity index (χ2n) is 10.6. The van der Waals surface area contributed by atoms with Crippen molar-refractivity contribution in [2.24, 2.45) is 5.92 Å². The maximum absolute atomic E-state index is 14.8. The fourth-order valence-electron chi connectivity index (χ4n) is 5.20. The number of carbonyl (C=O) groups excluding carboxylic acids is 1. The molecule has 5 nitrogen and oxygen atoms in total. The molecule has 3 N–H and O–H groups in total. The summed E-state index contributed by atoms with van der Waals surface area (Å²) in [5.41, 5.74) is 5.30. The summed E-state index contributed by atoms with van der Waals surface area (Å²) < 4.78 is 29.0. The van der Waals surface area contributed by atoms with Crippen LogP contribution in [-0.2, 0) is 11.2 Å². The first-order valence-electron chi connectivity index (χ1n) is 12.5. The molecule has 1 saturated heterocycles. The summed E-state index contributed by atoms with van der Waals surface area (Å²) >= 11 is 0. The van der Waals surface area contributed by atoms with Crippen molar-refractivity contribution >= 4 is 24.9 Å². The van der Waals surface area contributed by atoms with Gasteiger partial charge in [-0.15, -0.1) is 5.54 Å². The lowest BCUT2D eigenvalue weighted by atomic mass is 9.82. The van der Waals surface area contributed by atoms with Gasteiger partial charge in [-0.05, 0) is 62.4 Å². The van der Waals surface area contributed by atoms with E-state index in [4.69, 9.17) is 0 Å². The molecule has 0 saturated carbocycles. The molecule has 2 aliphatic rings. The van der Waals surface area contributed by atoms with E-state index in [0.717, 1.165) is 62.6 Å². The van der Waals surface area contributed by atoms with Gasteiger partial charge in [0.05, 0.1) is 17.7 Å². The Morgan fingerprint density at radius 1 is 1.24 bits per heavy atom. The largest absolute Gasteiger partial charge is 0.354 e. The molecule has 0 bridgehead atoms. The van der Waals surface area contributed by atoms with E-state index in [1.165, 1.54) is 6.07 Å². The maximum atomic E-state index is 14.8. The van der Waals surface area contributed by atoms with Crippen LogP contribution in [0.5, 0.6) is 0 Å². The third kappa shape index (κ3) is 5.22. The molecule has 1 aromatic carbocycles. The van der Waals surface area contributed by atoms with E-state index in [2.05, 4.69) is 53.6 Å². The zero-order valence-corrected chi connectivity index (χ0v) is 21.7. The molecule has 8 heteroatoms. The molecule has 184 valence electrons. The standard InChI is InChI=1S/C26H36F2N4OSi/c1-5-6-10-30-22-16-20-19-14-18(27)15-21(28)24(19)31-25(20)26(17-7-11-29-12-8-17)32(22)23(33)9-13-34(2,3)4/h14-15,17,22,26,29-31H,5-8,10-12,16H2,1-4H3/t22-,26+/m1/s1. The molecule has 0 unspecified atom stereocenters. The van der Waals surface area contributed by atoms with E-state index < -0.39 is 19.7 Å². The molecule has 1 aromatic heterocycles. The van der Waals surface area contributed by atoms with Crippen LogP contribution in [0.4, 0.5) is 8.78 Å². The molecular weight excluding hydrogens is 450 g/mol. The number of rotatable bonds is 5. The molecule has 1 fully saturated rings. The number of fused-ring (bicyclic) bond motifs is 3. The van der Waals surface area contributed by atoms with Gasteiger partial charge in [0.15, 0.2) is 0 Å². The highest BCUT2D eigenvalue weighted by Gasteiger charge is 2.43. The molecule has 0 spiro atoms. The number of nitrogens with zero attached hydrogens (tertiary/aromatic N) is 1. The number of benzene rings is 1. The van der Waals surface area contributed by atoms with E-state index in [1.54, 1.807) is 0 Å². The average Bonchev–Trinajstić information content (AvgIpc) is 3.15. The van der Waals surface area contributed by atoms with Crippen LogP contribution in [0.1, 0.15) is 49.9 Å². The molecule has 0 radical (unpaired) electrons. The van der Waals surface area contributed by atoms with Gasteiger partial charge in [0.25, 0.3) is 5.91 Å². The Labute approximate surface area is 202 Å². The van der Waals surface area contributed by atoms with Gasteiger partial charge in [-0.25, -0.2) is 8.78 Å². The fourth-order valence-corrected chi connectivity index (χ4v) is 5.68. The monoisotopic (exact) mass is 486 g/mol. The van der Waals surface area contributed by atoms with Crippen LogP contribution >= 0.6 is 0 Å². The van der Waals surface area contributed by atoms with Crippen molar-refractivity contribution in [2.75, 3.05) is 19.6 Å². The molecule has 2 aliphatic heterocycles. The van der Waals surface area contributed by atoms with Gasteiger partial charge in [-0.2, -0.15) is 0 Å². The van der Waals surface area contributed by atoms with E-state index in [0.29, 0.717) is 17.3 Å². The highest BCUT2D eigenvalue weighted by molar-refractivity contribution is 6.84. The first-order valence-corrected chi connectivity index (χ1v) is 16.0. The van der Waals surface area contributed by atoms with Gasteiger partial charge < -0.3 is 15.2 Å². The Hall–Kier alpha value is -2.21. The summed E-state index contributed by atoms with van der Waals surface area (Å²) in [6.07, 6.45) is 4.06. The number of halogens is 2. The van der Waals surface area contributed by atoms with Crippen LogP contribution in [0.25, 0.3) is 10.9 Å². The third-order valence-electron chi connectivity index (χ3n) is 6.81. The molecule has 34 heavy (non-hydrogen) atoms. The van der Waals surface area contributed by atoms with Crippen molar-refractivity contribution in [1.29, 1.82) is 0 Å².